The maximum absolute atomic E-state index is 12.4. The van der Waals surface area contributed by atoms with Crippen molar-refractivity contribution in [2.75, 3.05) is 32.2 Å². The number of unbranched alkanes of at least 4 members (excludes halogenated alkanes) is 1. The van der Waals surface area contributed by atoms with Gasteiger partial charge in [0.15, 0.2) is 17.5 Å². The summed E-state index contributed by atoms with van der Waals surface area (Å²) in [5.74, 6) is 2.20. The van der Waals surface area contributed by atoms with Crippen molar-refractivity contribution in [1.82, 2.24) is 10.6 Å². The van der Waals surface area contributed by atoms with E-state index in [0.29, 0.717) is 24.9 Å². The molecule has 0 aliphatic heterocycles. The molecule has 0 aromatic heterocycles. The molecule has 0 aliphatic rings. The fraction of sp³-hybridized carbons (Fsp3) is 0.588. The number of nitrogens with zero attached hydrogens (tertiary/aromatic N) is 1. The van der Waals surface area contributed by atoms with Crippen LogP contribution in [0.25, 0.3) is 0 Å². The second kappa shape index (κ2) is 12.6. The zero-order valence-electron chi connectivity index (χ0n) is 15.0. The second-order valence-electron chi connectivity index (χ2n) is 5.15. The molecule has 0 heterocycles. The van der Waals surface area contributed by atoms with Crippen molar-refractivity contribution in [3.8, 4) is 11.5 Å². The van der Waals surface area contributed by atoms with Crippen molar-refractivity contribution < 1.29 is 18.3 Å². The zero-order chi connectivity index (χ0) is 18.5. The molecule has 142 valence electrons. The number of guanidine groups is 1. The third kappa shape index (κ3) is 8.81. The third-order valence-corrected chi connectivity index (χ3v) is 3.97. The first kappa shape index (κ1) is 21.3. The van der Waals surface area contributed by atoms with Crippen LogP contribution in [0.4, 0.5) is 8.78 Å². The standard InChI is InChI=1S/C17H27F2N3O2S/c1-4-23-15-11-13(7-8-14(15)24-16(18)19)12-22-17(20-2)21-9-5-6-10-25-3/h7-8,11,16H,4-6,9-10,12H2,1-3H3,(H2,20,21,22). The molecule has 0 bridgehead atoms. The number of rotatable bonds is 11. The molecule has 0 fully saturated rings. The van der Waals surface area contributed by atoms with Crippen LogP contribution in [-0.4, -0.2) is 44.8 Å². The Labute approximate surface area is 152 Å². The van der Waals surface area contributed by atoms with E-state index in [0.717, 1.165) is 30.7 Å². The van der Waals surface area contributed by atoms with Crippen molar-refractivity contribution in [3.05, 3.63) is 23.8 Å². The Balaban J connectivity index is 2.55. The summed E-state index contributed by atoms with van der Waals surface area (Å²) in [6.45, 7) is 0.637. The van der Waals surface area contributed by atoms with Crippen molar-refractivity contribution in [1.29, 1.82) is 0 Å². The Bertz CT molecular complexity index is 531. The van der Waals surface area contributed by atoms with Gasteiger partial charge in [-0.25, -0.2) is 0 Å². The van der Waals surface area contributed by atoms with E-state index in [1.54, 1.807) is 26.1 Å². The van der Waals surface area contributed by atoms with Gasteiger partial charge in [-0.3, -0.25) is 4.99 Å². The van der Waals surface area contributed by atoms with Crippen molar-refractivity contribution in [3.63, 3.8) is 0 Å². The Hall–Kier alpha value is -1.70. The molecule has 8 heteroatoms. The molecular weight excluding hydrogens is 348 g/mol. The first-order valence-corrected chi connectivity index (χ1v) is 9.64. The summed E-state index contributed by atoms with van der Waals surface area (Å²) < 4.78 is 34.7. The van der Waals surface area contributed by atoms with Gasteiger partial charge in [-0.2, -0.15) is 20.5 Å². The molecule has 0 saturated heterocycles. The van der Waals surface area contributed by atoms with Crippen molar-refractivity contribution >= 4 is 17.7 Å². The van der Waals surface area contributed by atoms with Crippen LogP contribution in [0.2, 0.25) is 0 Å². The maximum atomic E-state index is 12.4. The monoisotopic (exact) mass is 375 g/mol. The topological polar surface area (TPSA) is 54.9 Å². The van der Waals surface area contributed by atoms with Gasteiger partial charge in [-0.15, -0.1) is 0 Å². The lowest BCUT2D eigenvalue weighted by Crippen LogP contribution is -2.37. The average Bonchev–Trinajstić information content (AvgIpc) is 2.59. The van der Waals surface area contributed by atoms with E-state index in [4.69, 9.17) is 4.74 Å². The van der Waals surface area contributed by atoms with E-state index in [1.165, 1.54) is 6.07 Å². The van der Waals surface area contributed by atoms with Crippen LogP contribution in [0, 0.1) is 0 Å². The molecule has 0 radical (unpaired) electrons. The van der Waals surface area contributed by atoms with E-state index in [1.807, 2.05) is 11.8 Å². The van der Waals surface area contributed by atoms with E-state index in [2.05, 4.69) is 26.6 Å². The number of thioether (sulfide) groups is 1. The Morgan fingerprint density at radius 3 is 2.68 bits per heavy atom. The molecule has 25 heavy (non-hydrogen) atoms. The summed E-state index contributed by atoms with van der Waals surface area (Å²) in [6.07, 6.45) is 4.34. The third-order valence-electron chi connectivity index (χ3n) is 3.28. The van der Waals surface area contributed by atoms with Gasteiger partial charge in [0.2, 0.25) is 0 Å². The largest absolute Gasteiger partial charge is 0.490 e. The molecule has 0 saturated carbocycles. The van der Waals surface area contributed by atoms with E-state index in [9.17, 15) is 8.78 Å². The van der Waals surface area contributed by atoms with Crippen LogP contribution < -0.4 is 20.1 Å². The minimum atomic E-state index is -2.88. The number of hydrogen-bond acceptors (Lipinski definition) is 4. The molecule has 0 aliphatic carbocycles. The first-order chi connectivity index (χ1) is 12.1. The molecule has 0 amide bonds. The summed E-state index contributed by atoms with van der Waals surface area (Å²) in [5, 5.41) is 6.45. The highest BCUT2D eigenvalue weighted by molar-refractivity contribution is 7.98. The van der Waals surface area contributed by atoms with Crippen LogP contribution in [-0.2, 0) is 6.54 Å². The van der Waals surface area contributed by atoms with Crippen LogP contribution in [0.3, 0.4) is 0 Å². The summed E-state index contributed by atoms with van der Waals surface area (Å²) >= 11 is 1.84. The number of alkyl halides is 2. The van der Waals surface area contributed by atoms with E-state index < -0.39 is 6.61 Å². The molecule has 1 rings (SSSR count). The molecular formula is C17H27F2N3O2S. The van der Waals surface area contributed by atoms with Gasteiger partial charge >= 0.3 is 6.61 Å². The highest BCUT2D eigenvalue weighted by Crippen LogP contribution is 2.29. The molecule has 1 aromatic rings. The van der Waals surface area contributed by atoms with Gasteiger partial charge in [0, 0.05) is 20.1 Å². The highest BCUT2D eigenvalue weighted by atomic mass is 32.2. The summed E-state index contributed by atoms with van der Waals surface area (Å²) in [4.78, 5) is 4.17. The average molecular weight is 375 g/mol. The molecule has 2 N–H and O–H groups in total. The fourth-order valence-corrected chi connectivity index (χ4v) is 2.60. The number of ether oxygens (including phenoxy) is 2. The smallest absolute Gasteiger partial charge is 0.387 e. The molecule has 0 spiro atoms. The van der Waals surface area contributed by atoms with Crippen molar-refractivity contribution in [2.45, 2.75) is 32.9 Å². The summed E-state index contributed by atoms with van der Waals surface area (Å²) in [6, 6.07) is 4.91. The predicted octanol–water partition coefficient (Wildman–Crippen LogP) is 3.49. The van der Waals surface area contributed by atoms with E-state index in [-0.39, 0.29) is 5.75 Å². The second-order valence-corrected chi connectivity index (χ2v) is 6.13. The maximum Gasteiger partial charge on any atom is 0.387 e. The van der Waals surface area contributed by atoms with Gasteiger partial charge in [-0.1, -0.05) is 6.07 Å². The lowest BCUT2D eigenvalue weighted by atomic mass is 10.2. The van der Waals surface area contributed by atoms with Crippen LogP contribution >= 0.6 is 11.8 Å². The highest BCUT2D eigenvalue weighted by Gasteiger charge is 2.11. The molecule has 5 nitrogen and oxygen atoms in total. The van der Waals surface area contributed by atoms with Crippen LogP contribution in [0.1, 0.15) is 25.3 Å². The molecule has 0 atom stereocenters. The van der Waals surface area contributed by atoms with Crippen LogP contribution in [0.5, 0.6) is 11.5 Å². The number of aliphatic imine (C=N–C) groups is 1. The van der Waals surface area contributed by atoms with Gasteiger partial charge in [0.25, 0.3) is 0 Å². The van der Waals surface area contributed by atoms with Gasteiger partial charge < -0.3 is 20.1 Å². The number of halogens is 2. The first-order valence-electron chi connectivity index (χ1n) is 8.24. The fourth-order valence-electron chi connectivity index (χ4n) is 2.11. The van der Waals surface area contributed by atoms with Gasteiger partial charge in [0.1, 0.15) is 0 Å². The zero-order valence-corrected chi connectivity index (χ0v) is 15.8. The summed E-state index contributed by atoms with van der Waals surface area (Å²) in [7, 11) is 1.71. The number of nitrogens with one attached hydrogen (secondary N) is 2. The number of benzene rings is 1. The predicted molar refractivity (Wildman–Crippen MR) is 100 cm³/mol. The molecule has 0 unspecified atom stereocenters. The van der Waals surface area contributed by atoms with Crippen LogP contribution in [0.15, 0.2) is 23.2 Å². The normalized spacial score (nSPS) is 11.5. The lowest BCUT2D eigenvalue weighted by molar-refractivity contribution is -0.0514. The number of hydrogen-bond donors (Lipinski definition) is 2. The quantitative estimate of drug-likeness (QED) is 0.352. The summed E-state index contributed by atoms with van der Waals surface area (Å²) in [5.41, 5.74) is 0.885. The Morgan fingerprint density at radius 2 is 2.04 bits per heavy atom. The SMILES string of the molecule is CCOc1cc(CNC(=NC)NCCCCSC)ccc1OC(F)F. The van der Waals surface area contributed by atoms with Gasteiger partial charge in [-0.05, 0) is 49.5 Å². The Morgan fingerprint density at radius 1 is 1.24 bits per heavy atom. The minimum absolute atomic E-state index is 0.0388. The van der Waals surface area contributed by atoms with Crippen molar-refractivity contribution in [2.24, 2.45) is 4.99 Å². The van der Waals surface area contributed by atoms with Gasteiger partial charge in [0.05, 0.1) is 6.61 Å². The molecule has 1 aromatic carbocycles. The Kier molecular flexibility index (Phi) is 10.8. The minimum Gasteiger partial charge on any atom is -0.490 e. The lowest BCUT2D eigenvalue weighted by Gasteiger charge is -2.14. The van der Waals surface area contributed by atoms with E-state index >= 15 is 0 Å².